The second kappa shape index (κ2) is 11.7. The van der Waals surface area contributed by atoms with E-state index in [0.29, 0.717) is 21.3 Å². The van der Waals surface area contributed by atoms with Crippen LogP contribution in [0.5, 0.6) is 11.5 Å². The average molecular weight is 535 g/mol. The molecule has 0 aliphatic carbocycles. The van der Waals surface area contributed by atoms with Crippen LogP contribution in [0.15, 0.2) is 65.8 Å². The number of nitrogens with zero attached hydrogens (tertiary/aromatic N) is 1. The predicted octanol–water partition coefficient (Wildman–Crippen LogP) is 5.35. The molecule has 3 aromatic rings. The lowest BCUT2D eigenvalue weighted by Crippen LogP contribution is -2.33. The maximum absolute atomic E-state index is 12.4. The van der Waals surface area contributed by atoms with E-state index < -0.39 is 17.8 Å². The number of anilines is 1. The number of hydrogen-bond acceptors (Lipinski definition) is 6. The van der Waals surface area contributed by atoms with E-state index in [2.05, 4.69) is 15.8 Å². The lowest BCUT2D eigenvalue weighted by Gasteiger charge is -2.11. The molecule has 180 valence electrons. The fourth-order valence-corrected chi connectivity index (χ4v) is 3.30. The number of ether oxygens (including phenoxy) is 2. The summed E-state index contributed by atoms with van der Waals surface area (Å²) in [6.45, 7) is 1.61. The van der Waals surface area contributed by atoms with Gasteiger partial charge in [0.15, 0.2) is 11.5 Å². The van der Waals surface area contributed by atoms with Crippen molar-refractivity contribution in [2.24, 2.45) is 5.10 Å². The number of hydrazone groups is 1. The fourth-order valence-electron chi connectivity index (χ4n) is 2.77. The predicted molar refractivity (Wildman–Crippen MR) is 135 cm³/mol. The average Bonchev–Trinajstić information content (AvgIpc) is 2.84. The minimum absolute atomic E-state index is 0.177. The van der Waals surface area contributed by atoms with E-state index in [0.717, 1.165) is 0 Å². The lowest BCUT2D eigenvalue weighted by molar-refractivity contribution is -0.136. The van der Waals surface area contributed by atoms with Gasteiger partial charge in [-0.05, 0) is 61.5 Å². The topological polar surface area (TPSA) is 106 Å². The summed E-state index contributed by atoms with van der Waals surface area (Å²) in [4.78, 5) is 36.7. The van der Waals surface area contributed by atoms with E-state index in [9.17, 15) is 14.4 Å². The Kier molecular flexibility index (Phi) is 8.70. The first kappa shape index (κ1) is 26.0. The van der Waals surface area contributed by atoms with E-state index >= 15 is 0 Å². The SMILES string of the molecule is COc1cc(/C(C)=N/NC(=O)C(=O)Nc2cc(Cl)ccc2Cl)ccc1OC(=O)c1cccc(Cl)c1. The van der Waals surface area contributed by atoms with E-state index in [1.807, 2.05) is 0 Å². The van der Waals surface area contributed by atoms with Gasteiger partial charge in [0, 0.05) is 15.6 Å². The number of halogens is 3. The molecule has 0 aromatic heterocycles. The van der Waals surface area contributed by atoms with Crippen LogP contribution in [0.1, 0.15) is 22.8 Å². The summed E-state index contributed by atoms with van der Waals surface area (Å²) in [6.07, 6.45) is 0. The Bertz CT molecular complexity index is 1330. The van der Waals surface area contributed by atoms with Crippen molar-refractivity contribution < 1.29 is 23.9 Å². The van der Waals surface area contributed by atoms with Gasteiger partial charge in [0.2, 0.25) is 0 Å². The van der Waals surface area contributed by atoms with Gasteiger partial charge in [-0.3, -0.25) is 9.59 Å². The van der Waals surface area contributed by atoms with Crippen LogP contribution in [0.25, 0.3) is 0 Å². The zero-order chi connectivity index (χ0) is 25.5. The van der Waals surface area contributed by atoms with Gasteiger partial charge < -0.3 is 14.8 Å². The molecular formula is C24H18Cl3N3O5. The maximum atomic E-state index is 12.4. The van der Waals surface area contributed by atoms with Crippen LogP contribution in [0.3, 0.4) is 0 Å². The molecular weight excluding hydrogens is 517 g/mol. The molecule has 35 heavy (non-hydrogen) atoms. The molecule has 2 N–H and O–H groups in total. The number of amides is 2. The van der Waals surface area contributed by atoms with Crippen LogP contribution in [0.4, 0.5) is 5.69 Å². The highest BCUT2D eigenvalue weighted by molar-refractivity contribution is 6.42. The molecule has 0 radical (unpaired) electrons. The molecule has 0 saturated heterocycles. The quantitative estimate of drug-likeness (QED) is 0.146. The van der Waals surface area contributed by atoms with Crippen LogP contribution >= 0.6 is 34.8 Å². The number of hydrogen-bond donors (Lipinski definition) is 2. The summed E-state index contributed by atoms with van der Waals surface area (Å²) in [7, 11) is 1.41. The van der Waals surface area contributed by atoms with Gasteiger partial charge in [0.05, 0.1) is 29.1 Å². The summed E-state index contributed by atoms with van der Waals surface area (Å²) in [6, 6.07) is 15.5. The number of benzene rings is 3. The second-order valence-corrected chi connectivity index (χ2v) is 8.26. The molecule has 0 unspecified atom stereocenters. The van der Waals surface area contributed by atoms with Crippen LogP contribution in [-0.2, 0) is 9.59 Å². The highest BCUT2D eigenvalue weighted by Gasteiger charge is 2.17. The molecule has 0 spiro atoms. The molecule has 8 nitrogen and oxygen atoms in total. The zero-order valence-electron chi connectivity index (χ0n) is 18.4. The number of carbonyl (C=O) groups is 3. The van der Waals surface area contributed by atoms with Crippen molar-refractivity contribution in [1.29, 1.82) is 0 Å². The van der Waals surface area contributed by atoms with E-state index in [4.69, 9.17) is 44.3 Å². The first-order valence-corrected chi connectivity index (χ1v) is 11.1. The molecule has 0 fully saturated rings. The molecule has 0 atom stereocenters. The molecule has 0 saturated carbocycles. The van der Waals surface area contributed by atoms with E-state index in [1.54, 1.807) is 43.3 Å². The van der Waals surface area contributed by atoms with Gasteiger partial charge in [-0.1, -0.05) is 40.9 Å². The number of methoxy groups -OCH3 is 1. The Morgan fingerprint density at radius 1 is 0.829 bits per heavy atom. The van der Waals surface area contributed by atoms with Crippen LogP contribution in [0.2, 0.25) is 15.1 Å². The number of rotatable bonds is 6. The zero-order valence-corrected chi connectivity index (χ0v) is 20.7. The first-order chi connectivity index (χ1) is 16.7. The number of esters is 1. The van der Waals surface area contributed by atoms with Crippen molar-refractivity contribution in [3.8, 4) is 11.5 Å². The maximum Gasteiger partial charge on any atom is 0.343 e. The number of nitrogens with one attached hydrogen (secondary N) is 2. The molecule has 0 aliphatic rings. The molecule has 3 aromatic carbocycles. The van der Waals surface area contributed by atoms with Crippen molar-refractivity contribution >= 4 is 64.0 Å². The van der Waals surface area contributed by atoms with Crippen molar-refractivity contribution in [3.05, 3.63) is 86.9 Å². The molecule has 0 heterocycles. The summed E-state index contributed by atoms with van der Waals surface area (Å²) in [5.74, 6) is -2.17. The van der Waals surface area contributed by atoms with Crippen LogP contribution in [0, 0.1) is 0 Å². The van der Waals surface area contributed by atoms with Gasteiger partial charge in [-0.25, -0.2) is 10.2 Å². The largest absolute Gasteiger partial charge is 0.493 e. The third-order valence-corrected chi connectivity index (χ3v) is 5.35. The molecule has 0 aliphatic heterocycles. The van der Waals surface area contributed by atoms with E-state index in [-0.39, 0.29) is 27.8 Å². The van der Waals surface area contributed by atoms with Crippen molar-refractivity contribution in [2.45, 2.75) is 6.92 Å². The first-order valence-electron chi connectivity index (χ1n) is 9.94. The Morgan fingerprint density at radius 3 is 2.29 bits per heavy atom. The highest BCUT2D eigenvalue weighted by Crippen LogP contribution is 2.29. The van der Waals surface area contributed by atoms with Gasteiger partial charge in [0.25, 0.3) is 0 Å². The van der Waals surface area contributed by atoms with Crippen molar-refractivity contribution in [1.82, 2.24) is 5.43 Å². The second-order valence-electron chi connectivity index (χ2n) is 6.98. The van der Waals surface area contributed by atoms with Crippen molar-refractivity contribution in [3.63, 3.8) is 0 Å². The minimum atomic E-state index is -1.01. The van der Waals surface area contributed by atoms with E-state index in [1.165, 1.54) is 31.4 Å². The summed E-state index contributed by atoms with van der Waals surface area (Å²) in [5, 5.41) is 7.27. The highest BCUT2D eigenvalue weighted by atomic mass is 35.5. The summed E-state index contributed by atoms with van der Waals surface area (Å²) < 4.78 is 10.7. The Morgan fingerprint density at radius 2 is 1.57 bits per heavy atom. The third-order valence-electron chi connectivity index (χ3n) is 4.55. The monoisotopic (exact) mass is 533 g/mol. The van der Waals surface area contributed by atoms with Crippen molar-refractivity contribution in [2.75, 3.05) is 12.4 Å². The smallest absolute Gasteiger partial charge is 0.343 e. The molecule has 2 amide bonds. The molecule has 0 bridgehead atoms. The Balaban J connectivity index is 1.68. The summed E-state index contributed by atoms with van der Waals surface area (Å²) in [5.41, 5.74) is 3.54. The van der Waals surface area contributed by atoms with Crippen LogP contribution in [-0.4, -0.2) is 30.6 Å². The molecule has 3 rings (SSSR count). The van der Waals surface area contributed by atoms with Gasteiger partial charge >= 0.3 is 17.8 Å². The number of carbonyl (C=O) groups excluding carboxylic acids is 3. The van der Waals surface area contributed by atoms with Gasteiger partial charge in [0.1, 0.15) is 0 Å². The Labute approximate surface area is 215 Å². The lowest BCUT2D eigenvalue weighted by atomic mass is 10.1. The fraction of sp³-hybridized carbons (Fsp3) is 0.0833. The van der Waals surface area contributed by atoms with Crippen LogP contribution < -0.4 is 20.2 Å². The third kappa shape index (κ3) is 6.95. The van der Waals surface area contributed by atoms with Gasteiger partial charge in [-0.2, -0.15) is 5.10 Å². The standard InChI is InChI=1S/C24H18Cl3N3O5/c1-13(29-30-23(32)22(31)28-19-12-17(26)7-8-18(19)27)14-6-9-20(21(11-14)34-2)35-24(33)15-4-3-5-16(25)10-15/h3-12H,1-2H3,(H,28,31)(H,30,32)/b29-13+. The minimum Gasteiger partial charge on any atom is -0.493 e. The summed E-state index contributed by atoms with van der Waals surface area (Å²) >= 11 is 17.8. The Hall–Kier alpha value is -3.59. The normalized spacial score (nSPS) is 10.9. The molecule has 11 heteroatoms. The van der Waals surface area contributed by atoms with Gasteiger partial charge in [-0.15, -0.1) is 0 Å².